The van der Waals surface area contributed by atoms with Gasteiger partial charge in [0.1, 0.15) is 11.7 Å². The molecule has 3 N–H and O–H groups in total. The number of aromatic nitrogens is 2. The van der Waals surface area contributed by atoms with Crippen molar-refractivity contribution in [2.45, 2.75) is 31.8 Å². The Balaban J connectivity index is 1.86. The molecule has 1 unspecified atom stereocenters. The van der Waals surface area contributed by atoms with Gasteiger partial charge in [0.2, 0.25) is 5.91 Å². The van der Waals surface area contributed by atoms with E-state index in [-0.39, 0.29) is 23.5 Å². The van der Waals surface area contributed by atoms with Crippen LogP contribution in [0.25, 0.3) is 5.65 Å². The van der Waals surface area contributed by atoms with Crippen LogP contribution >= 0.6 is 0 Å². The smallest absolute Gasteiger partial charge is 0.356 e. The number of pyridine rings is 1. The molecule has 3 rings (SSSR count). The molecule has 2 aromatic heterocycles. The maximum absolute atomic E-state index is 11.9. The zero-order chi connectivity index (χ0) is 15.0. The lowest BCUT2D eigenvalue weighted by molar-refractivity contribution is -0.121. The van der Waals surface area contributed by atoms with Crippen molar-refractivity contribution in [3.05, 3.63) is 30.1 Å². The lowest BCUT2D eigenvalue weighted by Crippen LogP contribution is -2.39. The maximum Gasteiger partial charge on any atom is 0.356 e. The average Bonchev–Trinajstić information content (AvgIpc) is 3.17. The van der Waals surface area contributed by atoms with Gasteiger partial charge in [-0.1, -0.05) is 6.07 Å². The van der Waals surface area contributed by atoms with E-state index in [1.165, 1.54) is 4.40 Å². The van der Waals surface area contributed by atoms with Crippen molar-refractivity contribution in [2.75, 3.05) is 5.32 Å². The van der Waals surface area contributed by atoms with E-state index in [0.717, 1.165) is 12.8 Å². The highest BCUT2D eigenvalue weighted by molar-refractivity contribution is 5.94. The molecule has 0 bridgehead atoms. The molecule has 0 aliphatic heterocycles. The third-order valence-corrected chi connectivity index (χ3v) is 3.40. The molecule has 2 heterocycles. The molecular weight excluding hydrogens is 272 g/mol. The molecular formula is C14H16N4O3. The molecule has 21 heavy (non-hydrogen) atoms. The minimum Gasteiger partial charge on any atom is -0.476 e. The minimum atomic E-state index is -1.09. The number of aromatic carboxylic acids is 1. The quantitative estimate of drug-likeness (QED) is 0.766. The van der Waals surface area contributed by atoms with Crippen LogP contribution in [0, 0.1) is 0 Å². The van der Waals surface area contributed by atoms with Crippen molar-refractivity contribution < 1.29 is 14.7 Å². The predicted molar refractivity (Wildman–Crippen MR) is 76.4 cm³/mol. The normalized spacial score (nSPS) is 15.7. The first-order chi connectivity index (χ1) is 10.1. The van der Waals surface area contributed by atoms with E-state index in [1.807, 2.05) is 0 Å². The number of carbonyl (C=O) groups is 2. The van der Waals surface area contributed by atoms with Gasteiger partial charge in [-0.3, -0.25) is 9.20 Å². The first-order valence-electron chi connectivity index (χ1n) is 6.83. The number of amides is 1. The number of hydrogen-bond donors (Lipinski definition) is 3. The summed E-state index contributed by atoms with van der Waals surface area (Å²) in [7, 11) is 0. The van der Waals surface area contributed by atoms with Gasteiger partial charge in [0.05, 0.1) is 0 Å². The fourth-order valence-corrected chi connectivity index (χ4v) is 2.13. The van der Waals surface area contributed by atoms with E-state index in [4.69, 9.17) is 0 Å². The van der Waals surface area contributed by atoms with Crippen LogP contribution < -0.4 is 10.6 Å². The SMILES string of the molecule is CC(Nc1nc2ccccn2c1C(=O)O)C(=O)NC1CC1. The summed E-state index contributed by atoms with van der Waals surface area (Å²) in [4.78, 5) is 27.6. The standard InChI is InChI=1S/C14H16N4O3/c1-8(13(19)16-9-5-6-9)15-12-11(14(20)21)18-7-3-2-4-10(18)17-12/h2-4,7-9,15H,5-6H2,1H3,(H,16,19)(H,20,21). The second kappa shape index (κ2) is 5.08. The number of fused-ring (bicyclic) bond motifs is 1. The Hall–Kier alpha value is -2.57. The summed E-state index contributed by atoms with van der Waals surface area (Å²) >= 11 is 0. The van der Waals surface area contributed by atoms with Gasteiger partial charge in [0, 0.05) is 12.2 Å². The summed E-state index contributed by atoms with van der Waals surface area (Å²) in [5.41, 5.74) is 0.545. The minimum absolute atomic E-state index is 0.0247. The van der Waals surface area contributed by atoms with Crippen molar-refractivity contribution >= 4 is 23.3 Å². The number of carboxylic acid groups (broad SMARTS) is 1. The third-order valence-electron chi connectivity index (χ3n) is 3.40. The second-order valence-electron chi connectivity index (χ2n) is 5.19. The largest absolute Gasteiger partial charge is 0.476 e. The Morgan fingerprint density at radius 2 is 2.19 bits per heavy atom. The lowest BCUT2D eigenvalue weighted by Gasteiger charge is -2.13. The Bertz CT molecular complexity index is 705. The van der Waals surface area contributed by atoms with Crippen LogP contribution in [0.5, 0.6) is 0 Å². The van der Waals surface area contributed by atoms with Gasteiger partial charge in [-0.2, -0.15) is 0 Å². The molecule has 0 aromatic carbocycles. The summed E-state index contributed by atoms with van der Waals surface area (Å²) in [6.45, 7) is 1.69. The molecule has 2 aromatic rings. The van der Waals surface area contributed by atoms with E-state index in [2.05, 4.69) is 15.6 Å². The highest BCUT2D eigenvalue weighted by Gasteiger charge is 2.27. The van der Waals surface area contributed by atoms with Gasteiger partial charge in [-0.15, -0.1) is 0 Å². The zero-order valence-corrected chi connectivity index (χ0v) is 11.5. The van der Waals surface area contributed by atoms with Gasteiger partial charge >= 0.3 is 5.97 Å². The fourth-order valence-electron chi connectivity index (χ4n) is 2.13. The molecule has 7 heteroatoms. The van der Waals surface area contributed by atoms with Gasteiger partial charge in [0.25, 0.3) is 0 Å². The van der Waals surface area contributed by atoms with Crippen LogP contribution in [0.1, 0.15) is 30.3 Å². The summed E-state index contributed by atoms with van der Waals surface area (Å²) < 4.78 is 1.48. The number of rotatable bonds is 5. The average molecular weight is 288 g/mol. The summed E-state index contributed by atoms with van der Waals surface area (Å²) in [6.07, 6.45) is 3.65. The van der Waals surface area contributed by atoms with Gasteiger partial charge in [-0.25, -0.2) is 9.78 Å². The van der Waals surface area contributed by atoms with Crippen LogP contribution in [-0.2, 0) is 4.79 Å². The number of imidazole rings is 1. The van der Waals surface area contributed by atoms with Crippen molar-refractivity contribution in [1.29, 1.82) is 0 Å². The van der Waals surface area contributed by atoms with Crippen LogP contribution in [0.2, 0.25) is 0 Å². The van der Waals surface area contributed by atoms with E-state index in [0.29, 0.717) is 5.65 Å². The maximum atomic E-state index is 11.9. The lowest BCUT2D eigenvalue weighted by atomic mass is 10.3. The van der Waals surface area contributed by atoms with Gasteiger partial charge in [0.15, 0.2) is 11.5 Å². The number of carboxylic acids is 1. The van der Waals surface area contributed by atoms with Crippen molar-refractivity contribution in [1.82, 2.24) is 14.7 Å². The summed E-state index contributed by atoms with van der Waals surface area (Å²) in [5.74, 6) is -1.04. The van der Waals surface area contributed by atoms with Crippen LogP contribution in [-0.4, -0.2) is 38.5 Å². The Labute approximate surface area is 121 Å². The molecule has 0 spiro atoms. The summed E-state index contributed by atoms with van der Waals surface area (Å²) in [5, 5.41) is 15.1. The van der Waals surface area contributed by atoms with Crippen molar-refractivity contribution in [3.8, 4) is 0 Å². The topological polar surface area (TPSA) is 95.7 Å². The first kappa shape index (κ1) is 13.4. The Kier molecular flexibility index (Phi) is 3.25. The number of nitrogens with zero attached hydrogens (tertiary/aromatic N) is 2. The molecule has 1 aliphatic carbocycles. The molecule has 7 nitrogen and oxygen atoms in total. The Morgan fingerprint density at radius 1 is 1.43 bits per heavy atom. The van der Waals surface area contributed by atoms with Crippen LogP contribution in [0.3, 0.4) is 0 Å². The highest BCUT2D eigenvalue weighted by Crippen LogP contribution is 2.20. The monoisotopic (exact) mass is 288 g/mol. The van der Waals surface area contributed by atoms with Crippen molar-refractivity contribution in [2.24, 2.45) is 0 Å². The highest BCUT2D eigenvalue weighted by atomic mass is 16.4. The molecule has 1 aliphatic rings. The third kappa shape index (κ3) is 2.67. The molecule has 1 saturated carbocycles. The molecule has 1 amide bonds. The molecule has 110 valence electrons. The number of hydrogen-bond acceptors (Lipinski definition) is 4. The summed E-state index contributed by atoms with van der Waals surface area (Å²) in [6, 6.07) is 4.94. The Morgan fingerprint density at radius 3 is 2.86 bits per heavy atom. The van der Waals surface area contributed by atoms with E-state index >= 15 is 0 Å². The molecule has 0 saturated heterocycles. The number of anilines is 1. The van der Waals surface area contributed by atoms with E-state index in [1.54, 1.807) is 31.3 Å². The molecule has 1 fully saturated rings. The van der Waals surface area contributed by atoms with Crippen molar-refractivity contribution in [3.63, 3.8) is 0 Å². The molecule has 0 radical (unpaired) electrons. The van der Waals surface area contributed by atoms with Gasteiger partial charge < -0.3 is 15.7 Å². The number of nitrogens with one attached hydrogen (secondary N) is 2. The van der Waals surface area contributed by atoms with E-state index < -0.39 is 12.0 Å². The molecule has 1 atom stereocenters. The number of carbonyl (C=O) groups excluding carboxylic acids is 1. The van der Waals surface area contributed by atoms with E-state index in [9.17, 15) is 14.7 Å². The van der Waals surface area contributed by atoms with Gasteiger partial charge in [-0.05, 0) is 31.9 Å². The fraction of sp³-hybridized carbons (Fsp3) is 0.357. The van der Waals surface area contributed by atoms with Crippen LogP contribution in [0.15, 0.2) is 24.4 Å². The zero-order valence-electron chi connectivity index (χ0n) is 11.5. The first-order valence-corrected chi connectivity index (χ1v) is 6.83. The van der Waals surface area contributed by atoms with Crippen LogP contribution in [0.4, 0.5) is 5.82 Å². The second-order valence-corrected chi connectivity index (χ2v) is 5.19. The predicted octanol–water partition coefficient (Wildman–Crippen LogP) is 1.11.